The van der Waals surface area contributed by atoms with Crippen LogP contribution in [0.25, 0.3) is 5.65 Å². The summed E-state index contributed by atoms with van der Waals surface area (Å²) in [6, 6.07) is 8.15. The fraction of sp³-hybridized carbons (Fsp3) is 0.412. The van der Waals surface area contributed by atoms with E-state index in [4.69, 9.17) is 9.72 Å². The number of imidazole rings is 1. The largest absolute Gasteiger partial charge is 0.374 e. The van der Waals surface area contributed by atoms with Gasteiger partial charge in [0.15, 0.2) is 0 Å². The summed E-state index contributed by atoms with van der Waals surface area (Å²) >= 11 is 0. The van der Waals surface area contributed by atoms with E-state index in [2.05, 4.69) is 45.7 Å². The molecular weight excluding hydrogens is 290 g/mol. The van der Waals surface area contributed by atoms with E-state index in [1.165, 1.54) is 5.69 Å². The van der Waals surface area contributed by atoms with E-state index < -0.39 is 0 Å². The van der Waals surface area contributed by atoms with Crippen LogP contribution in [0.4, 0.5) is 0 Å². The average molecular weight is 311 g/mol. The molecule has 1 aliphatic heterocycles. The number of hydrogen-bond acceptors (Lipinski definition) is 4. The van der Waals surface area contributed by atoms with Crippen LogP contribution in [-0.4, -0.2) is 49.9 Å². The molecule has 1 fully saturated rings. The molecular formula is C17H21N5O. The van der Waals surface area contributed by atoms with Crippen LogP contribution in [0, 0.1) is 6.92 Å². The van der Waals surface area contributed by atoms with Crippen molar-refractivity contribution < 1.29 is 4.74 Å². The molecule has 1 saturated heterocycles. The van der Waals surface area contributed by atoms with Gasteiger partial charge in [0.2, 0.25) is 0 Å². The number of hydrogen-bond donors (Lipinski definition) is 0. The van der Waals surface area contributed by atoms with Gasteiger partial charge in [-0.1, -0.05) is 6.07 Å². The first-order valence-electron chi connectivity index (χ1n) is 8.03. The van der Waals surface area contributed by atoms with E-state index in [0.29, 0.717) is 0 Å². The maximum atomic E-state index is 5.87. The first-order chi connectivity index (χ1) is 11.3. The third-order valence-electron chi connectivity index (χ3n) is 4.30. The molecule has 1 aliphatic rings. The number of nitrogens with zero attached hydrogens (tertiary/aromatic N) is 5. The fourth-order valence-electron chi connectivity index (χ4n) is 3.16. The highest BCUT2D eigenvalue weighted by Gasteiger charge is 2.21. The van der Waals surface area contributed by atoms with Crippen molar-refractivity contribution in [1.29, 1.82) is 0 Å². The van der Waals surface area contributed by atoms with Crippen molar-refractivity contribution in [3.63, 3.8) is 0 Å². The molecule has 23 heavy (non-hydrogen) atoms. The lowest BCUT2D eigenvalue weighted by molar-refractivity contribution is -0.0405. The molecule has 0 spiro atoms. The molecule has 0 bridgehead atoms. The molecule has 6 nitrogen and oxygen atoms in total. The van der Waals surface area contributed by atoms with Crippen LogP contribution in [-0.2, 0) is 17.8 Å². The van der Waals surface area contributed by atoms with E-state index in [9.17, 15) is 0 Å². The summed E-state index contributed by atoms with van der Waals surface area (Å²) < 4.78 is 9.95. The van der Waals surface area contributed by atoms with Crippen LogP contribution in [0.2, 0.25) is 0 Å². The number of fused-ring (bicyclic) bond motifs is 1. The Hall–Kier alpha value is -2.18. The van der Waals surface area contributed by atoms with E-state index in [1.807, 2.05) is 16.9 Å². The molecule has 0 N–H and O–H groups in total. The van der Waals surface area contributed by atoms with Gasteiger partial charge < -0.3 is 9.14 Å². The maximum absolute atomic E-state index is 5.87. The molecule has 4 heterocycles. The van der Waals surface area contributed by atoms with Gasteiger partial charge in [-0.3, -0.25) is 9.58 Å². The van der Waals surface area contributed by atoms with Crippen molar-refractivity contribution in [2.24, 2.45) is 0 Å². The van der Waals surface area contributed by atoms with E-state index in [0.717, 1.165) is 44.1 Å². The van der Waals surface area contributed by atoms with Gasteiger partial charge in [0.1, 0.15) is 5.65 Å². The Labute approximate surface area is 135 Å². The molecule has 0 aromatic carbocycles. The zero-order chi connectivity index (χ0) is 15.6. The van der Waals surface area contributed by atoms with E-state index in [1.54, 1.807) is 6.20 Å². The fourth-order valence-corrected chi connectivity index (χ4v) is 3.16. The van der Waals surface area contributed by atoms with Crippen LogP contribution in [0.3, 0.4) is 0 Å². The minimum atomic E-state index is 0.183. The minimum Gasteiger partial charge on any atom is -0.374 e. The van der Waals surface area contributed by atoms with Gasteiger partial charge in [0, 0.05) is 43.9 Å². The quantitative estimate of drug-likeness (QED) is 0.736. The summed E-state index contributed by atoms with van der Waals surface area (Å²) in [5.41, 5.74) is 3.33. The van der Waals surface area contributed by atoms with Gasteiger partial charge in [0.25, 0.3) is 0 Å². The zero-order valence-electron chi connectivity index (χ0n) is 13.3. The average Bonchev–Trinajstić information content (AvgIpc) is 3.18. The number of morpholine rings is 1. The van der Waals surface area contributed by atoms with Crippen molar-refractivity contribution in [3.8, 4) is 0 Å². The second-order valence-electron chi connectivity index (χ2n) is 6.08. The molecule has 1 atom stereocenters. The molecule has 3 aromatic heterocycles. The second kappa shape index (κ2) is 6.14. The Morgan fingerprint density at radius 1 is 1.30 bits per heavy atom. The van der Waals surface area contributed by atoms with Gasteiger partial charge in [-0.15, -0.1) is 0 Å². The Balaban J connectivity index is 1.44. The summed E-state index contributed by atoms with van der Waals surface area (Å²) in [6.07, 6.45) is 6.11. The van der Waals surface area contributed by atoms with Crippen molar-refractivity contribution in [3.05, 3.63) is 54.2 Å². The van der Waals surface area contributed by atoms with Crippen molar-refractivity contribution >= 4 is 5.65 Å². The number of rotatable bonds is 4. The summed E-state index contributed by atoms with van der Waals surface area (Å²) in [5, 5.41) is 4.26. The Morgan fingerprint density at radius 3 is 3.09 bits per heavy atom. The molecule has 0 unspecified atom stereocenters. The maximum Gasteiger partial charge on any atom is 0.137 e. The lowest BCUT2D eigenvalue weighted by Gasteiger charge is -2.32. The highest BCUT2D eigenvalue weighted by atomic mass is 16.5. The number of aromatic nitrogens is 4. The summed E-state index contributed by atoms with van der Waals surface area (Å²) in [4.78, 5) is 7.14. The summed E-state index contributed by atoms with van der Waals surface area (Å²) in [7, 11) is 0. The van der Waals surface area contributed by atoms with Crippen LogP contribution in [0.5, 0.6) is 0 Å². The number of ether oxygens (including phenoxy) is 1. The second-order valence-corrected chi connectivity index (χ2v) is 6.08. The number of pyridine rings is 1. The van der Waals surface area contributed by atoms with Crippen LogP contribution < -0.4 is 0 Å². The first-order valence-corrected chi connectivity index (χ1v) is 8.03. The van der Waals surface area contributed by atoms with Gasteiger partial charge in [-0.05, 0) is 25.1 Å². The van der Waals surface area contributed by atoms with Crippen LogP contribution >= 0.6 is 0 Å². The molecule has 0 aliphatic carbocycles. The lowest BCUT2D eigenvalue weighted by Crippen LogP contribution is -2.43. The first kappa shape index (κ1) is 14.4. The summed E-state index contributed by atoms with van der Waals surface area (Å²) in [6.45, 7) is 6.38. The minimum absolute atomic E-state index is 0.183. The molecule has 6 heteroatoms. The van der Waals surface area contributed by atoms with Crippen LogP contribution in [0.1, 0.15) is 11.4 Å². The van der Waals surface area contributed by atoms with Gasteiger partial charge >= 0.3 is 0 Å². The van der Waals surface area contributed by atoms with E-state index >= 15 is 0 Å². The van der Waals surface area contributed by atoms with Crippen molar-refractivity contribution in [2.75, 3.05) is 19.7 Å². The lowest BCUT2D eigenvalue weighted by atomic mass is 10.2. The third-order valence-corrected chi connectivity index (χ3v) is 4.30. The van der Waals surface area contributed by atoms with Crippen LogP contribution in [0.15, 0.2) is 42.9 Å². The summed E-state index contributed by atoms with van der Waals surface area (Å²) in [5.74, 6) is 0. The molecule has 4 rings (SSSR count). The predicted molar refractivity (Wildman–Crippen MR) is 87.2 cm³/mol. The molecule has 3 aromatic rings. The molecule has 0 amide bonds. The number of aryl methyl sites for hydroxylation is 1. The Morgan fingerprint density at radius 2 is 2.26 bits per heavy atom. The van der Waals surface area contributed by atoms with Gasteiger partial charge in [-0.25, -0.2) is 4.98 Å². The van der Waals surface area contributed by atoms with Gasteiger partial charge in [-0.2, -0.15) is 5.10 Å². The predicted octanol–water partition coefficient (Wildman–Crippen LogP) is 1.74. The topological polar surface area (TPSA) is 47.6 Å². The zero-order valence-corrected chi connectivity index (χ0v) is 13.3. The highest BCUT2D eigenvalue weighted by Crippen LogP contribution is 2.13. The SMILES string of the molecule is Cc1cccc2nc(CN3CCO[C@H](Cn4cccn4)C3)cn12. The van der Waals surface area contributed by atoms with Crippen molar-refractivity contribution in [1.82, 2.24) is 24.1 Å². The molecule has 0 radical (unpaired) electrons. The van der Waals surface area contributed by atoms with Crippen molar-refractivity contribution in [2.45, 2.75) is 26.1 Å². The smallest absolute Gasteiger partial charge is 0.137 e. The third kappa shape index (κ3) is 3.13. The van der Waals surface area contributed by atoms with Gasteiger partial charge in [0.05, 0.1) is 24.9 Å². The Kier molecular flexibility index (Phi) is 3.85. The monoisotopic (exact) mass is 311 g/mol. The molecule has 0 saturated carbocycles. The highest BCUT2D eigenvalue weighted by molar-refractivity contribution is 5.41. The van der Waals surface area contributed by atoms with E-state index in [-0.39, 0.29) is 6.10 Å². The Bertz CT molecular complexity index is 779. The molecule has 120 valence electrons. The normalized spacial score (nSPS) is 19.4. The standard InChI is InChI=1S/C17H21N5O/c1-14-4-2-5-17-19-15(11-22(14)17)10-20-8-9-23-16(12-20)13-21-7-3-6-18-21/h2-7,11,16H,8-10,12-13H2,1H3/t16-/m0/s1.